The highest BCUT2D eigenvalue weighted by molar-refractivity contribution is 7.89. The number of carboxylic acid groups (broad SMARTS) is 1. The van der Waals surface area contributed by atoms with Gasteiger partial charge in [0.2, 0.25) is 10.0 Å². The Balaban J connectivity index is 2.98. The molecule has 2 N–H and O–H groups in total. The lowest BCUT2D eigenvalue weighted by atomic mass is 10.2. The van der Waals surface area contributed by atoms with Gasteiger partial charge in [-0.25, -0.2) is 13.1 Å². The van der Waals surface area contributed by atoms with Gasteiger partial charge >= 0.3 is 5.97 Å². The number of aliphatic carboxylic acids is 1. The Morgan fingerprint density at radius 1 is 1.50 bits per heavy atom. The van der Waals surface area contributed by atoms with Crippen molar-refractivity contribution in [1.29, 1.82) is 0 Å². The summed E-state index contributed by atoms with van der Waals surface area (Å²) in [5.74, 6) is -0.867. The highest BCUT2D eigenvalue weighted by Crippen LogP contribution is 2.19. The molecule has 0 radical (unpaired) electrons. The summed E-state index contributed by atoms with van der Waals surface area (Å²) in [5.41, 5.74) is 0.255. The van der Waals surface area contributed by atoms with Gasteiger partial charge < -0.3 is 9.63 Å². The van der Waals surface area contributed by atoms with Crippen molar-refractivity contribution in [1.82, 2.24) is 9.88 Å². The predicted octanol–water partition coefficient (Wildman–Crippen LogP) is 0.823. The van der Waals surface area contributed by atoms with Gasteiger partial charge in [0.05, 0.1) is 6.42 Å². The number of carboxylic acids is 1. The van der Waals surface area contributed by atoms with Crippen LogP contribution in [-0.2, 0) is 14.8 Å². The monoisotopic (exact) mass is 276 g/mol. The van der Waals surface area contributed by atoms with Crippen LogP contribution in [0.15, 0.2) is 9.42 Å². The molecule has 0 aliphatic carbocycles. The number of sulfonamides is 1. The van der Waals surface area contributed by atoms with Crippen molar-refractivity contribution in [2.24, 2.45) is 0 Å². The zero-order valence-electron chi connectivity index (χ0n) is 10.4. The molecule has 0 fully saturated rings. The van der Waals surface area contributed by atoms with E-state index in [1.807, 2.05) is 0 Å². The standard InChI is InChI=1S/C10H16N2O5S/c1-4-8(5-9(13)14)12-18(15,16)10-6(2)11-17-7(10)3/h8,12H,4-5H2,1-3H3,(H,13,14). The van der Waals surface area contributed by atoms with Crippen molar-refractivity contribution in [2.75, 3.05) is 0 Å². The highest BCUT2D eigenvalue weighted by Gasteiger charge is 2.27. The van der Waals surface area contributed by atoms with Crippen molar-refractivity contribution in [3.63, 3.8) is 0 Å². The second kappa shape index (κ2) is 5.49. The second-order valence-corrected chi connectivity index (χ2v) is 5.63. The highest BCUT2D eigenvalue weighted by atomic mass is 32.2. The molecule has 1 atom stereocenters. The van der Waals surface area contributed by atoms with Gasteiger partial charge in [-0.2, -0.15) is 0 Å². The second-order valence-electron chi connectivity index (χ2n) is 3.98. The van der Waals surface area contributed by atoms with Crippen LogP contribution in [0.4, 0.5) is 0 Å². The molecule has 102 valence electrons. The van der Waals surface area contributed by atoms with Gasteiger partial charge in [-0.15, -0.1) is 0 Å². The average Bonchev–Trinajstić information content (AvgIpc) is 2.56. The number of aromatic nitrogens is 1. The van der Waals surface area contributed by atoms with E-state index in [0.717, 1.165) is 0 Å². The number of nitrogens with one attached hydrogen (secondary N) is 1. The van der Waals surface area contributed by atoms with Crippen LogP contribution in [0, 0.1) is 13.8 Å². The van der Waals surface area contributed by atoms with E-state index in [0.29, 0.717) is 6.42 Å². The molecule has 1 aromatic heterocycles. The molecule has 0 aliphatic rings. The molecule has 0 aromatic carbocycles. The van der Waals surface area contributed by atoms with Gasteiger partial charge in [-0.05, 0) is 20.3 Å². The summed E-state index contributed by atoms with van der Waals surface area (Å²) < 4.78 is 31.3. The van der Waals surface area contributed by atoms with Gasteiger partial charge in [0.15, 0.2) is 5.76 Å². The van der Waals surface area contributed by atoms with Crippen LogP contribution in [0.3, 0.4) is 0 Å². The first-order chi connectivity index (χ1) is 8.27. The van der Waals surface area contributed by atoms with Crippen molar-refractivity contribution >= 4 is 16.0 Å². The molecule has 1 rings (SSSR count). The molecule has 0 spiro atoms. The third-order valence-electron chi connectivity index (χ3n) is 2.47. The lowest BCUT2D eigenvalue weighted by Gasteiger charge is -2.14. The number of nitrogens with zero attached hydrogens (tertiary/aromatic N) is 1. The third-order valence-corrected chi connectivity index (χ3v) is 4.24. The van der Waals surface area contributed by atoms with Crippen molar-refractivity contribution in [3.05, 3.63) is 11.5 Å². The van der Waals surface area contributed by atoms with Crippen molar-refractivity contribution in [3.8, 4) is 0 Å². The van der Waals surface area contributed by atoms with Gasteiger partial charge in [0.25, 0.3) is 0 Å². The summed E-state index contributed by atoms with van der Waals surface area (Å²) in [6.45, 7) is 4.72. The van der Waals surface area contributed by atoms with Crippen LogP contribution >= 0.6 is 0 Å². The molecule has 0 saturated carbocycles. The van der Waals surface area contributed by atoms with Crippen LogP contribution < -0.4 is 4.72 Å². The van der Waals surface area contributed by atoms with Gasteiger partial charge in [-0.1, -0.05) is 12.1 Å². The number of aryl methyl sites for hydroxylation is 2. The van der Waals surface area contributed by atoms with Crippen molar-refractivity contribution in [2.45, 2.75) is 44.6 Å². The maximum absolute atomic E-state index is 12.1. The van der Waals surface area contributed by atoms with Crippen LogP contribution in [0.1, 0.15) is 31.2 Å². The number of hydrogen-bond donors (Lipinski definition) is 2. The summed E-state index contributed by atoms with van der Waals surface area (Å²) in [4.78, 5) is 10.6. The Morgan fingerprint density at radius 3 is 2.50 bits per heavy atom. The minimum Gasteiger partial charge on any atom is -0.481 e. The maximum Gasteiger partial charge on any atom is 0.304 e. The fourth-order valence-corrected chi connectivity index (χ4v) is 3.27. The predicted molar refractivity (Wildman–Crippen MR) is 62.6 cm³/mol. The number of carbonyl (C=O) groups is 1. The first kappa shape index (κ1) is 14.7. The van der Waals surface area contributed by atoms with Gasteiger partial charge in [-0.3, -0.25) is 4.79 Å². The Hall–Kier alpha value is -1.41. The van der Waals surface area contributed by atoms with Crippen LogP contribution in [0.2, 0.25) is 0 Å². The minimum atomic E-state index is -3.80. The summed E-state index contributed by atoms with van der Waals surface area (Å²) in [5, 5.41) is 12.3. The topological polar surface area (TPSA) is 110 Å². The Bertz CT molecular complexity index is 515. The molecule has 0 aliphatic heterocycles. The summed E-state index contributed by atoms with van der Waals surface area (Å²) in [6, 6.07) is -0.652. The van der Waals surface area contributed by atoms with Crippen LogP contribution in [-0.4, -0.2) is 30.7 Å². The molecule has 0 bridgehead atoms. The molecule has 1 aromatic rings. The van der Waals surface area contributed by atoms with E-state index in [-0.39, 0.29) is 22.8 Å². The van der Waals surface area contributed by atoms with Gasteiger partial charge in [0, 0.05) is 6.04 Å². The Morgan fingerprint density at radius 2 is 2.11 bits per heavy atom. The van der Waals surface area contributed by atoms with E-state index in [1.54, 1.807) is 6.92 Å². The Labute approximate surface area is 105 Å². The number of rotatable bonds is 6. The molecule has 1 heterocycles. The van der Waals surface area contributed by atoms with E-state index >= 15 is 0 Å². The lowest BCUT2D eigenvalue weighted by Crippen LogP contribution is -2.36. The van der Waals surface area contributed by atoms with E-state index in [4.69, 9.17) is 9.63 Å². The third kappa shape index (κ3) is 3.30. The zero-order chi connectivity index (χ0) is 13.9. The largest absolute Gasteiger partial charge is 0.481 e. The molecular formula is C10H16N2O5S. The number of hydrogen-bond acceptors (Lipinski definition) is 5. The fraction of sp³-hybridized carbons (Fsp3) is 0.600. The molecule has 0 amide bonds. The zero-order valence-corrected chi connectivity index (χ0v) is 11.2. The average molecular weight is 276 g/mol. The van der Waals surface area contributed by atoms with E-state index < -0.39 is 22.0 Å². The van der Waals surface area contributed by atoms with Gasteiger partial charge in [0.1, 0.15) is 10.6 Å². The summed E-state index contributed by atoms with van der Waals surface area (Å²) >= 11 is 0. The van der Waals surface area contributed by atoms with Crippen LogP contribution in [0.5, 0.6) is 0 Å². The molecule has 8 heteroatoms. The summed E-state index contributed by atoms with van der Waals surface area (Å²) in [6.07, 6.45) is 0.119. The molecule has 18 heavy (non-hydrogen) atoms. The first-order valence-electron chi connectivity index (χ1n) is 5.45. The molecular weight excluding hydrogens is 260 g/mol. The normalized spacial score (nSPS) is 13.5. The first-order valence-corrected chi connectivity index (χ1v) is 6.93. The fourth-order valence-electron chi connectivity index (χ4n) is 1.62. The smallest absolute Gasteiger partial charge is 0.304 e. The van der Waals surface area contributed by atoms with E-state index in [2.05, 4.69) is 9.88 Å². The molecule has 0 saturated heterocycles. The van der Waals surface area contributed by atoms with E-state index in [9.17, 15) is 13.2 Å². The maximum atomic E-state index is 12.1. The lowest BCUT2D eigenvalue weighted by molar-refractivity contribution is -0.137. The Kier molecular flexibility index (Phi) is 4.47. The summed E-state index contributed by atoms with van der Waals surface area (Å²) in [7, 11) is -3.80. The van der Waals surface area contributed by atoms with Crippen molar-refractivity contribution < 1.29 is 22.8 Å². The van der Waals surface area contributed by atoms with E-state index in [1.165, 1.54) is 13.8 Å². The van der Waals surface area contributed by atoms with Crippen LogP contribution in [0.25, 0.3) is 0 Å². The molecule has 7 nitrogen and oxygen atoms in total. The minimum absolute atomic E-state index is 0.0219. The SMILES string of the molecule is CCC(CC(=O)O)NS(=O)(=O)c1c(C)noc1C. The molecule has 1 unspecified atom stereocenters. The quantitative estimate of drug-likeness (QED) is 0.796.